The average Bonchev–Trinajstić information content (AvgIpc) is 3.36. The lowest BCUT2D eigenvalue weighted by Gasteiger charge is -2.16. The largest absolute Gasteiger partial charge is 0.325 e. The number of nitrogens with zero attached hydrogens (tertiary/aromatic N) is 5. The first-order valence-corrected chi connectivity index (χ1v) is 10.3. The van der Waals surface area contributed by atoms with Gasteiger partial charge in [0.2, 0.25) is 17.0 Å². The minimum atomic E-state index is -0.189. The van der Waals surface area contributed by atoms with Gasteiger partial charge >= 0.3 is 0 Å². The molecule has 2 amide bonds. The lowest BCUT2D eigenvalue weighted by atomic mass is 10.2. The Bertz CT molecular complexity index is 1040. The van der Waals surface area contributed by atoms with Gasteiger partial charge in [-0.05, 0) is 59.3 Å². The van der Waals surface area contributed by atoms with Crippen molar-refractivity contribution in [2.75, 3.05) is 22.5 Å². The average molecular weight is 429 g/mol. The van der Waals surface area contributed by atoms with Crippen molar-refractivity contribution < 1.29 is 9.59 Å². The Labute approximate surface area is 176 Å². The molecule has 0 spiro atoms. The molecule has 2 aromatic carbocycles. The number of hydrogen-bond donors (Lipinski definition) is 1. The highest BCUT2D eigenvalue weighted by molar-refractivity contribution is 7.99. The lowest BCUT2D eigenvalue weighted by molar-refractivity contribution is -0.117. The number of amides is 2. The van der Waals surface area contributed by atoms with Crippen molar-refractivity contribution in [3.8, 4) is 5.69 Å². The van der Waals surface area contributed by atoms with Gasteiger partial charge < -0.3 is 10.2 Å². The maximum Gasteiger partial charge on any atom is 0.234 e. The number of nitrogens with one attached hydrogen (secondary N) is 1. The van der Waals surface area contributed by atoms with Crippen molar-refractivity contribution in [1.29, 1.82) is 0 Å². The zero-order chi connectivity index (χ0) is 20.2. The molecular weight excluding hydrogens is 412 g/mol. The molecular formula is C19H17ClN6O2S. The first kappa shape index (κ1) is 19.4. The fourth-order valence-electron chi connectivity index (χ4n) is 3.01. The second kappa shape index (κ2) is 8.62. The Kier molecular flexibility index (Phi) is 5.77. The van der Waals surface area contributed by atoms with Crippen LogP contribution in [0.4, 0.5) is 11.4 Å². The maximum atomic E-state index is 12.4. The number of anilines is 2. The minimum Gasteiger partial charge on any atom is -0.325 e. The molecule has 0 saturated carbocycles. The van der Waals surface area contributed by atoms with E-state index in [2.05, 4.69) is 20.8 Å². The van der Waals surface area contributed by atoms with Crippen LogP contribution in [-0.2, 0) is 9.59 Å². The number of rotatable bonds is 6. The van der Waals surface area contributed by atoms with Gasteiger partial charge in [-0.1, -0.05) is 29.4 Å². The van der Waals surface area contributed by atoms with Crippen LogP contribution in [0.25, 0.3) is 5.69 Å². The topological polar surface area (TPSA) is 93.0 Å². The van der Waals surface area contributed by atoms with Crippen LogP contribution in [0.2, 0.25) is 5.02 Å². The third-order valence-electron chi connectivity index (χ3n) is 4.36. The predicted octanol–water partition coefficient (Wildman–Crippen LogP) is 3.17. The van der Waals surface area contributed by atoms with Crippen molar-refractivity contribution in [1.82, 2.24) is 20.2 Å². The Balaban J connectivity index is 1.38. The molecule has 29 heavy (non-hydrogen) atoms. The van der Waals surface area contributed by atoms with Gasteiger partial charge in [-0.15, -0.1) is 5.10 Å². The Morgan fingerprint density at radius 1 is 1.17 bits per heavy atom. The summed E-state index contributed by atoms with van der Waals surface area (Å²) >= 11 is 7.14. The molecule has 0 aliphatic carbocycles. The number of carbonyl (C=O) groups excluding carboxylic acids is 2. The molecule has 0 unspecified atom stereocenters. The first-order valence-electron chi connectivity index (χ1n) is 8.97. The minimum absolute atomic E-state index is 0.109. The molecule has 4 rings (SSSR count). The van der Waals surface area contributed by atoms with Gasteiger partial charge in [-0.3, -0.25) is 9.59 Å². The van der Waals surface area contributed by atoms with Gasteiger partial charge in [-0.2, -0.15) is 4.68 Å². The highest BCUT2D eigenvalue weighted by Gasteiger charge is 2.21. The second-order valence-corrected chi connectivity index (χ2v) is 7.76. The molecule has 2 heterocycles. The number of tetrazole rings is 1. The van der Waals surface area contributed by atoms with E-state index in [1.807, 2.05) is 18.2 Å². The van der Waals surface area contributed by atoms with Crippen LogP contribution in [0, 0.1) is 0 Å². The number of halogens is 1. The van der Waals surface area contributed by atoms with Crippen LogP contribution >= 0.6 is 23.4 Å². The zero-order valence-corrected chi connectivity index (χ0v) is 16.9. The molecule has 1 aromatic heterocycles. The van der Waals surface area contributed by atoms with Crippen molar-refractivity contribution in [3.05, 3.63) is 53.6 Å². The summed E-state index contributed by atoms with van der Waals surface area (Å²) in [6.45, 7) is 0.708. The molecule has 0 bridgehead atoms. The van der Waals surface area contributed by atoms with Crippen molar-refractivity contribution in [2.45, 2.75) is 18.0 Å². The number of carbonyl (C=O) groups is 2. The molecule has 1 N–H and O–H groups in total. The van der Waals surface area contributed by atoms with Crippen LogP contribution < -0.4 is 10.2 Å². The molecule has 148 valence electrons. The number of benzene rings is 2. The SMILES string of the molecule is O=C(CSc1nnnn1-c1ccc(Cl)cc1)Nc1cccc(N2CCCC2=O)c1. The highest BCUT2D eigenvalue weighted by Crippen LogP contribution is 2.25. The third kappa shape index (κ3) is 4.57. The van der Waals surface area contributed by atoms with E-state index in [-0.39, 0.29) is 17.6 Å². The monoisotopic (exact) mass is 428 g/mol. The van der Waals surface area contributed by atoms with Gasteiger partial charge in [0.15, 0.2) is 0 Å². The van der Waals surface area contributed by atoms with Crippen molar-refractivity contribution in [2.24, 2.45) is 0 Å². The van der Waals surface area contributed by atoms with Crippen molar-refractivity contribution in [3.63, 3.8) is 0 Å². The van der Waals surface area contributed by atoms with E-state index in [1.165, 1.54) is 11.8 Å². The molecule has 0 radical (unpaired) electrons. The zero-order valence-electron chi connectivity index (χ0n) is 15.3. The van der Waals surface area contributed by atoms with Crippen LogP contribution in [0.15, 0.2) is 53.7 Å². The standard InChI is InChI=1S/C19H17ClN6O2S/c20-13-6-8-15(9-7-13)26-19(22-23-24-26)29-12-17(27)21-14-3-1-4-16(11-14)25-10-2-5-18(25)28/h1,3-4,6-9,11H,2,5,10,12H2,(H,21,27). The molecule has 1 saturated heterocycles. The van der Waals surface area contributed by atoms with Gasteiger partial charge in [-0.25, -0.2) is 0 Å². The van der Waals surface area contributed by atoms with Crippen molar-refractivity contribution >= 4 is 46.6 Å². The smallest absolute Gasteiger partial charge is 0.234 e. The van der Waals surface area contributed by atoms with E-state index in [0.29, 0.717) is 28.8 Å². The molecule has 1 fully saturated rings. The third-order valence-corrected chi connectivity index (χ3v) is 5.53. The van der Waals surface area contributed by atoms with Crippen LogP contribution in [0.3, 0.4) is 0 Å². The number of hydrogen-bond acceptors (Lipinski definition) is 6. The quantitative estimate of drug-likeness (QED) is 0.606. The van der Waals surface area contributed by atoms with E-state index in [1.54, 1.807) is 39.9 Å². The predicted molar refractivity (Wildman–Crippen MR) is 112 cm³/mol. The van der Waals surface area contributed by atoms with Crippen LogP contribution in [0.5, 0.6) is 0 Å². The van der Waals surface area contributed by atoms with Gasteiger partial charge in [0.25, 0.3) is 0 Å². The fraction of sp³-hybridized carbons (Fsp3) is 0.211. The second-order valence-electron chi connectivity index (χ2n) is 6.39. The van der Waals surface area contributed by atoms with Crippen LogP contribution in [0.1, 0.15) is 12.8 Å². The molecule has 1 aliphatic heterocycles. The molecule has 0 atom stereocenters. The molecule has 8 nitrogen and oxygen atoms in total. The van der Waals surface area contributed by atoms with Crippen LogP contribution in [-0.4, -0.2) is 44.3 Å². The normalized spacial score (nSPS) is 13.7. The van der Waals surface area contributed by atoms with E-state index in [4.69, 9.17) is 11.6 Å². The highest BCUT2D eigenvalue weighted by atomic mass is 35.5. The van der Waals surface area contributed by atoms with E-state index in [0.717, 1.165) is 17.8 Å². The Hall–Kier alpha value is -2.91. The van der Waals surface area contributed by atoms with E-state index in [9.17, 15) is 9.59 Å². The number of aromatic nitrogens is 4. The molecule has 3 aromatic rings. The van der Waals surface area contributed by atoms with E-state index >= 15 is 0 Å². The summed E-state index contributed by atoms with van der Waals surface area (Å²) in [6, 6.07) is 14.4. The summed E-state index contributed by atoms with van der Waals surface area (Å²) in [5.41, 5.74) is 2.19. The summed E-state index contributed by atoms with van der Waals surface area (Å²) < 4.78 is 1.55. The number of thioether (sulfide) groups is 1. The van der Waals surface area contributed by atoms with Gasteiger partial charge in [0.05, 0.1) is 11.4 Å². The van der Waals surface area contributed by atoms with E-state index < -0.39 is 0 Å². The summed E-state index contributed by atoms with van der Waals surface area (Å²) in [7, 11) is 0. The summed E-state index contributed by atoms with van der Waals surface area (Å²) in [4.78, 5) is 26.0. The Morgan fingerprint density at radius 3 is 2.76 bits per heavy atom. The summed E-state index contributed by atoms with van der Waals surface area (Å²) in [5, 5.41) is 15.6. The molecule has 10 heteroatoms. The van der Waals surface area contributed by atoms with Gasteiger partial charge in [0, 0.05) is 29.4 Å². The fourth-order valence-corrected chi connectivity index (χ4v) is 3.83. The van der Waals surface area contributed by atoms with Gasteiger partial charge in [0.1, 0.15) is 0 Å². The lowest BCUT2D eigenvalue weighted by Crippen LogP contribution is -2.23. The Morgan fingerprint density at radius 2 is 2.00 bits per heavy atom. The summed E-state index contributed by atoms with van der Waals surface area (Å²) in [5.74, 6) is 0.0597. The summed E-state index contributed by atoms with van der Waals surface area (Å²) in [6.07, 6.45) is 1.42. The first-order chi connectivity index (χ1) is 14.1. The molecule has 1 aliphatic rings. The maximum absolute atomic E-state index is 12.4.